The standard InChI is InChI=1S/C12H16FN3O/c1-7(12(17)16-10-2-3-10)15-11-5-8(13)4-9(14)6-11/h4-7,10,15H,2-3,14H2,1H3,(H,16,17). The predicted molar refractivity (Wildman–Crippen MR) is 65.1 cm³/mol. The highest BCUT2D eigenvalue weighted by Crippen LogP contribution is 2.19. The van der Waals surface area contributed by atoms with Crippen LogP contribution in [0.5, 0.6) is 0 Å². The largest absolute Gasteiger partial charge is 0.399 e. The van der Waals surface area contributed by atoms with Gasteiger partial charge in [0.05, 0.1) is 0 Å². The van der Waals surface area contributed by atoms with Crippen LogP contribution in [-0.4, -0.2) is 18.0 Å². The highest BCUT2D eigenvalue weighted by Gasteiger charge is 2.25. The van der Waals surface area contributed by atoms with Gasteiger partial charge in [0.15, 0.2) is 0 Å². The molecule has 92 valence electrons. The summed E-state index contributed by atoms with van der Waals surface area (Å²) in [5, 5.41) is 5.80. The van der Waals surface area contributed by atoms with Gasteiger partial charge >= 0.3 is 0 Å². The molecule has 0 heterocycles. The Morgan fingerprint density at radius 1 is 1.47 bits per heavy atom. The zero-order chi connectivity index (χ0) is 12.4. The Morgan fingerprint density at radius 3 is 2.76 bits per heavy atom. The minimum atomic E-state index is -0.415. The number of carbonyl (C=O) groups is 1. The van der Waals surface area contributed by atoms with E-state index in [-0.39, 0.29) is 5.91 Å². The molecule has 1 aromatic rings. The molecule has 0 spiro atoms. The summed E-state index contributed by atoms with van der Waals surface area (Å²) in [6, 6.07) is 4.07. The molecule has 2 rings (SSSR count). The zero-order valence-electron chi connectivity index (χ0n) is 9.66. The van der Waals surface area contributed by atoms with E-state index in [1.165, 1.54) is 12.1 Å². The molecular weight excluding hydrogens is 221 g/mol. The van der Waals surface area contributed by atoms with Crippen molar-refractivity contribution < 1.29 is 9.18 Å². The lowest BCUT2D eigenvalue weighted by atomic mass is 10.2. The van der Waals surface area contributed by atoms with Crippen LogP contribution in [0.25, 0.3) is 0 Å². The molecule has 4 nitrogen and oxygen atoms in total. The first kappa shape index (κ1) is 11.7. The third-order valence-electron chi connectivity index (χ3n) is 2.62. The van der Waals surface area contributed by atoms with Gasteiger partial charge in [-0.2, -0.15) is 0 Å². The van der Waals surface area contributed by atoms with Crippen LogP contribution in [0.2, 0.25) is 0 Å². The van der Waals surface area contributed by atoms with Gasteiger partial charge in [-0.15, -0.1) is 0 Å². The average Bonchev–Trinajstić information content (AvgIpc) is 2.99. The Bertz CT molecular complexity index is 412. The van der Waals surface area contributed by atoms with Gasteiger partial charge in [0.25, 0.3) is 0 Å². The summed E-state index contributed by atoms with van der Waals surface area (Å²) in [6.07, 6.45) is 2.09. The number of nitrogen functional groups attached to an aromatic ring is 1. The van der Waals surface area contributed by atoms with Gasteiger partial charge in [-0.3, -0.25) is 4.79 Å². The van der Waals surface area contributed by atoms with Gasteiger partial charge in [-0.05, 0) is 38.0 Å². The summed E-state index contributed by atoms with van der Waals surface area (Å²) in [6.45, 7) is 1.73. The van der Waals surface area contributed by atoms with Crippen LogP contribution >= 0.6 is 0 Å². The predicted octanol–water partition coefficient (Wildman–Crippen LogP) is 1.49. The first-order chi connectivity index (χ1) is 8.04. The second kappa shape index (κ2) is 4.61. The van der Waals surface area contributed by atoms with E-state index in [0.29, 0.717) is 17.4 Å². The number of hydrogen-bond acceptors (Lipinski definition) is 3. The van der Waals surface area contributed by atoms with Crippen molar-refractivity contribution in [1.29, 1.82) is 0 Å². The van der Waals surface area contributed by atoms with Crippen molar-refractivity contribution in [2.75, 3.05) is 11.1 Å². The van der Waals surface area contributed by atoms with Crippen LogP contribution in [-0.2, 0) is 4.79 Å². The Morgan fingerprint density at radius 2 is 2.18 bits per heavy atom. The van der Waals surface area contributed by atoms with Crippen molar-refractivity contribution in [3.63, 3.8) is 0 Å². The van der Waals surface area contributed by atoms with Gasteiger partial charge in [-0.25, -0.2) is 4.39 Å². The molecule has 1 unspecified atom stereocenters. The van der Waals surface area contributed by atoms with E-state index in [1.54, 1.807) is 13.0 Å². The molecule has 1 aliphatic carbocycles. The normalized spacial score (nSPS) is 16.4. The molecule has 1 amide bonds. The maximum Gasteiger partial charge on any atom is 0.242 e. The van der Waals surface area contributed by atoms with E-state index in [1.807, 2.05) is 0 Å². The number of hydrogen-bond donors (Lipinski definition) is 3. The van der Waals surface area contributed by atoms with Crippen molar-refractivity contribution in [3.05, 3.63) is 24.0 Å². The number of halogens is 1. The molecule has 1 saturated carbocycles. The maximum absolute atomic E-state index is 13.1. The summed E-state index contributed by atoms with van der Waals surface area (Å²) in [7, 11) is 0. The Hall–Kier alpha value is -1.78. The van der Waals surface area contributed by atoms with Crippen LogP contribution in [0.15, 0.2) is 18.2 Å². The number of nitrogens with one attached hydrogen (secondary N) is 2. The highest BCUT2D eigenvalue weighted by molar-refractivity contribution is 5.84. The van der Waals surface area contributed by atoms with Gasteiger partial charge < -0.3 is 16.4 Å². The minimum absolute atomic E-state index is 0.0738. The van der Waals surface area contributed by atoms with Gasteiger partial charge in [0.1, 0.15) is 11.9 Å². The van der Waals surface area contributed by atoms with Crippen molar-refractivity contribution in [3.8, 4) is 0 Å². The molecule has 1 aliphatic rings. The lowest BCUT2D eigenvalue weighted by Crippen LogP contribution is -2.38. The third-order valence-corrected chi connectivity index (χ3v) is 2.62. The summed E-state index contributed by atoms with van der Waals surface area (Å²) in [5.41, 5.74) is 6.37. The second-order valence-corrected chi connectivity index (χ2v) is 4.42. The Kier molecular flexibility index (Phi) is 3.17. The van der Waals surface area contributed by atoms with Crippen LogP contribution in [0, 0.1) is 5.82 Å². The quantitative estimate of drug-likeness (QED) is 0.695. The lowest BCUT2D eigenvalue weighted by Gasteiger charge is -2.15. The van der Waals surface area contributed by atoms with Crippen molar-refractivity contribution in [1.82, 2.24) is 5.32 Å². The Labute approximate surface area is 99.4 Å². The van der Waals surface area contributed by atoms with E-state index in [2.05, 4.69) is 10.6 Å². The number of carbonyl (C=O) groups excluding carboxylic acids is 1. The molecule has 0 radical (unpaired) electrons. The van der Waals surface area contributed by atoms with Gasteiger partial charge in [0.2, 0.25) is 5.91 Å². The van der Waals surface area contributed by atoms with E-state index in [4.69, 9.17) is 5.73 Å². The fourth-order valence-corrected chi connectivity index (χ4v) is 1.57. The number of amides is 1. The first-order valence-corrected chi connectivity index (χ1v) is 5.67. The van der Waals surface area contributed by atoms with E-state index in [0.717, 1.165) is 12.8 Å². The fourth-order valence-electron chi connectivity index (χ4n) is 1.57. The molecule has 0 aromatic heterocycles. The smallest absolute Gasteiger partial charge is 0.242 e. The second-order valence-electron chi connectivity index (χ2n) is 4.42. The lowest BCUT2D eigenvalue weighted by molar-refractivity contribution is -0.121. The third kappa shape index (κ3) is 3.34. The molecule has 4 N–H and O–H groups in total. The molecule has 5 heteroatoms. The fraction of sp³-hybridized carbons (Fsp3) is 0.417. The van der Waals surface area contributed by atoms with Crippen molar-refractivity contribution in [2.45, 2.75) is 31.8 Å². The van der Waals surface area contributed by atoms with Crippen LogP contribution < -0.4 is 16.4 Å². The highest BCUT2D eigenvalue weighted by atomic mass is 19.1. The molecule has 17 heavy (non-hydrogen) atoms. The van der Waals surface area contributed by atoms with Crippen LogP contribution in [0.3, 0.4) is 0 Å². The number of rotatable bonds is 4. The van der Waals surface area contributed by atoms with Gasteiger partial charge in [-0.1, -0.05) is 0 Å². The SMILES string of the molecule is CC(Nc1cc(N)cc(F)c1)C(=O)NC1CC1. The van der Waals surface area contributed by atoms with Crippen LogP contribution in [0.4, 0.5) is 15.8 Å². The summed E-state index contributed by atoms with van der Waals surface area (Å²) in [5.74, 6) is -0.488. The first-order valence-electron chi connectivity index (χ1n) is 5.67. The van der Waals surface area contributed by atoms with E-state index >= 15 is 0 Å². The zero-order valence-corrected chi connectivity index (χ0v) is 9.66. The molecule has 1 atom stereocenters. The average molecular weight is 237 g/mol. The Balaban J connectivity index is 1.96. The van der Waals surface area contributed by atoms with Crippen molar-refractivity contribution >= 4 is 17.3 Å². The summed E-state index contributed by atoms with van der Waals surface area (Å²) < 4.78 is 13.1. The number of benzene rings is 1. The number of anilines is 2. The summed E-state index contributed by atoms with van der Waals surface area (Å²) in [4.78, 5) is 11.7. The van der Waals surface area contributed by atoms with Crippen molar-refractivity contribution in [2.24, 2.45) is 0 Å². The summed E-state index contributed by atoms with van der Waals surface area (Å²) >= 11 is 0. The molecule has 0 aliphatic heterocycles. The van der Waals surface area contributed by atoms with Gasteiger partial charge in [0, 0.05) is 17.4 Å². The molecule has 1 fully saturated rings. The molecular formula is C12H16FN3O. The minimum Gasteiger partial charge on any atom is -0.399 e. The monoisotopic (exact) mass is 237 g/mol. The van der Waals surface area contributed by atoms with E-state index in [9.17, 15) is 9.18 Å². The topological polar surface area (TPSA) is 67.1 Å². The van der Waals surface area contributed by atoms with E-state index < -0.39 is 11.9 Å². The molecule has 0 saturated heterocycles. The molecule has 0 bridgehead atoms. The number of nitrogens with two attached hydrogens (primary N) is 1. The maximum atomic E-state index is 13.1. The van der Waals surface area contributed by atoms with Crippen LogP contribution in [0.1, 0.15) is 19.8 Å². The molecule has 1 aromatic carbocycles.